The third-order valence-corrected chi connectivity index (χ3v) is 4.05. The fourth-order valence-electron chi connectivity index (χ4n) is 1.84. The Kier molecular flexibility index (Phi) is 5.65. The van der Waals surface area contributed by atoms with Crippen molar-refractivity contribution in [2.24, 2.45) is 5.73 Å². The van der Waals surface area contributed by atoms with Crippen molar-refractivity contribution in [1.82, 2.24) is 5.32 Å². The summed E-state index contributed by atoms with van der Waals surface area (Å²) in [6.07, 6.45) is 1.19. The molecule has 3 nitrogen and oxygen atoms in total. The Balaban J connectivity index is 2.85. The van der Waals surface area contributed by atoms with Crippen molar-refractivity contribution in [3.63, 3.8) is 0 Å². The van der Waals surface area contributed by atoms with Crippen molar-refractivity contribution in [1.29, 1.82) is 0 Å². The average Bonchev–Trinajstić information content (AvgIpc) is 2.37. The van der Waals surface area contributed by atoms with E-state index in [9.17, 15) is 4.79 Å². The second-order valence-electron chi connectivity index (χ2n) is 4.72. The third-order valence-electron chi connectivity index (χ3n) is 3.49. The summed E-state index contributed by atoms with van der Waals surface area (Å²) in [4.78, 5) is 12.2. The minimum Gasteiger partial charge on any atom is -0.348 e. The highest BCUT2D eigenvalue weighted by Crippen LogP contribution is 2.26. The first kappa shape index (κ1) is 16.3. The van der Waals surface area contributed by atoms with E-state index in [2.05, 4.69) is 5.32 Å². The Morgan fingerprint density at radius 2 is 1.95 bits per heavy atom. The molecule has 0 aliphatic heterocycles. The van der Waals surface area contributed by atoms with Crippen LogP contribution in [0.5, 0.6) is 0 Å². The molecule has 0 spiro atoms. The molecular weight excluding hydrogens is 283 g/mol. The van der Waals surface area contributed by atoms with E-state index in [1.54, 1.807) is 12.1 Å². The van der Waals surface area contributed by atoms with Crippen LogP contribution in [0.15, 0.2) is 18.2 Å². The van der Waals surface area contributed by atoms with E-state index >= 15 is 0 Å². The topological polar surface area (TPSA) is 55.1 Å². The van der Waals surface area contributed by atoms with Gasteiger partial charge in [-0.25, -0.2) is 0 Å². The summed E-state index contributed by atoms with van der Waals surface area (Å²) in [7, 11) is 0. The van der Waals surface area contributed by atoms with Crippen LogP contribution in [0, 0.1) is 0 Å². The van der Waals surface area contributed by atoms with E-state index in [4.69, 9.17) is 28.9 Å². The van der Waals surface area contributed by atoms with Gasteiger partial charge >= 0.3 is 0 Å². The van der Waals surface area contributed by atoms with Gasteiger partial charge in [0.25, 0.3) is 0 Å². The molecule has 0 aliphatic rings. The van der Waals surface area contributed by atoms with Crippen molar-refractivity contribution in [2.45, 2.75) is 45.2 Å². The number of amides is 1. The molecule has 0 saturated carbocycles. The summed E-state index contributed by atoms with van der Waals surface area (Å²) < 4.78 is 0. The molecule has 1 aromatic rings. The molecule has 5 heteroatoms. The van der Waals surface area contributed by atoms with Gasteiger partial charge in [0.2, 0.25) is 5.91 Å². The number of carbonyl (C=O) groups excluding carboxylic acids is 1. The van der Waals surface area contributed by atoms with Crippen molar-refractivity contribution in [3.8, 4) is 0 Å². The molecule has 3 N–H and O–H groups in total. The van der Waals surface area contributed by atoms with Crippen LogP contribution in [-0.4, -0.2) is 11.4 Å². The fourth-order valence-corrected chi connectivity index (χ4v) is 2.41. The Bertz CT molecular complexity index is 459. The Labute approximate surface area is 124 Å². The molecule has 1 aromatic carbocycles. The number of benzene rings is 1. The molecule has 0 aliphatic carbocycles. The molecule has 1 unspecified atom stereocenters. The summed E-state index contributed by atoms with van der Waals surface area (Å²) in [5, 5.41) is 4.02. The fraction of sp³-hybridized carbons (Fsp3) is 0.500. The van der Waals surface area contributed by atoms with E-state index in [0.717, 1.165) is 5.56 Å². The summed E-state index contributed by atoms with van der Waals surface area (Å²) >= 11 is 12.0. The van der Waals surface area contributed by atoms with E-state index in [1.165, 1.54) is 0 Å². The predicted molar refractivity (Wildman–Crippen MR) is 80.5 cm³/mol. The van der Waals surface area contributed by atoms with Crippen molar-refractivity contribution >= 4 is 29.1 Å². The standard InChI is InChI=1S/C14H20Cl2N2O/c1-4-14(17,5-2)13(19)18-9(3)11-7-6-10(15)8-12(11)16/h6-9H,4-5,17H2,1-3H3,(H,18,19). The Morgan fingerprint density at radius 3 is 2.42 bits per heavy atom. The zero-order valence-corrected chi connectivity index (χ0v) is 13.0. The Morgan fingerprint density at radius 1 is 1.37 bits per heavy atom. The number of rotatable bonds is 5. The number of carbonyl (C=O) groups is 1. The van der Waals surface area contributed by atoms with Crippen LogP contribution in [0.4, 0.5) is 0 Å². The van der Waals surface area contributed by atoms with E-state index < -0.39 is 5.54 Å². The highest BCUT2D eigenvalue weighted by molar-refractivity contribution is 6.35. The van der Waals surface area contributed by atoms with Gasteiger partial charge in [0.15, 0.2) is 0 Å². The first-order valence-electron chi connectivity index (χ1n) is 6.38. The zero-order chi connectivity index (χ0) is 14.6. The average molecular weight is 303 g/mol. The lowest BCUT2D eigenvalue weighted by atomic mass is 9.92. The summed E-state index contributed by atoms with van der Waals surface area (Å²) in [5.74, 6) is -0.156. The molecule has 0 aromatic heterocycles. The smallest absolute Gasteiger partial charge is 0.240 e. The number of hydrogen-bond acceptors (Lipinski definition) is 2. The van der Waals surface area contributed by atoms with Crippen LogP contribution in [0.1, 0.15) is 45.2 Å². The highest BCUT2D eigenvalue weighted by Gasteiger charge is 2.31. The normalized spacial score (nSPS) is 13.2. The van der Waals surface area contributed by atoms with Crippen LogP contribution in [-0.2, 0) is 4.79 Å². The number of nitrogens with two attached hydrogens (primary N) is 1. The SMILES string of the molecule is CCC(N)(CC)C(=O)NC(C)c1ccc(Cl)cc1Cl. The summed E-state index contributed by atoms with van der Waals surface area (Å²) in [5.41, 5.74) is 6.06. The predicted octanol–water partition coefficient (Wildman–Crippen LogP) is 3.69. The molecule has 0 saturated heterocycles. The molecule has 19 heavy (non-hydrogen) atoms. The maximum Gasteiger partial charge on any atom is 0.240 e. The minimum absolute atomic E-state index is 0.156. The largest absolute Gasteiger partial charge is 0.348 e. The van der Waals surface area contributed by atoms with Crippen molar-refractivity contribution < 1.29 is 4.79 Å². The molecule has 1 amide bonds. The van der Waals surface area contributed by atoms with Crippen LogP contribution in [0.25, 0.3) is 0 Å². The van der Waals surface area contributed by atoms with Gasteiger partial charge in [-0.15, -0.1) is 0 Å². The molecule has 0 bridgehead atoms. The third kappa shape index (κ3) is 3.85. The maximum atomic E-state index is 12.2. The van der Waals surface area contributed by atoms with Gasteiger partial charge in [-0.1, -0.05) is 43.1 Å². The van der Waals surface area contributed by atoms with Gasteiger partial charge in [-0.3, -0.25) is 4.79 Å². The van der Waals surface area contributed by atoms with Crippen LogP contribution >= 0.6 is 23.2 Å². The number of hydrogen-bond donors (Lipinski definition) is 2. The van der Waals surface area contributed by atoms with E-state index in [-0.39, 0.29) is 11.9 Å². The lowest BCUT2D eigenvalue weighted by Crippen LogP contribution is -2.53. The number of nitrogens with one attached hydrogen (secondary N) is 1. The van der Waals surface area contributed by atoms with Crippen molar-refractivity contribution in [2.75, 3.05) is 0 Å². The molecule has 0 radical (unpaired) electrons. The zero-order valence-electron chi connectivity index (χ0n) is 11.5. The van der Waals surface area contributed by atoms with Crippen LogP contribution in [0.2, 0.25) is 10.0 Å². The van der Waals surface area contributed by atoms with Gasteiger partial charge in [0.1, 0.15) is 0 Å². The first-order chi connectivity index (χ1) is 8.84. The minimum atomic E-state index is -0.826. The van der Waals surface area contributed by atoms with E-state index in [1.807, 2.05) is 26.8 Å². The van der Waals surface area contributed by atoms with Gasteiger partial charge in [0.05, 0.1) is 11.6 Å². The van der Waals surface area contributed by atoms with Gasteiger partial charge in [-0.05, 0) is 37.5 Å². The number of halogens is 2. The molecule has 1 atom stereocenters. The van der Waals surface area contributed by atoms with Gasteiger partial charge < -0.3 is 11.1 Å². The Hall–Kier alpha value is -0.770. The molecule has 1 rings (SSSR count). The summed E-state index contributed by atoms with van der Waals surface area (Å²) in [6, 6.07) is 5.02. The monoisotopic (exact) mass is 302 g/mol. The van der Waals surface area contributed by atoms with Crippen LogP contribution < -0.4 is 11.1 Å². The second kappa shape index (κ2) is 6.60. The summed E-state index contributed by atoms with van der Waals surface area (Å²) in [6.45, 7) is 5.69. The highest BCUT2D eigenvalue weighted by atomic mass is 35.5. The van der Waals surface area contributed by atoms with Gasteiger partial charge in [0, 0.05) is 10.0 Å². The van der Waals surface area contributed by atoms with Crippen molar-refractivity contribution in [3.05, 3.63) is 33.8 Å². The first-order valence-corrected chi connectivity index (χ1v) is 7.14. The lowest BCUT2D eigenvalue weighted by molar-refractivity contribution is -0.127. The van der Waals surface area contributed by atoms with Crippen LogP contribution in [0.3, 0.4) is 0 Å². The molecular formula is C14H20Cl2N2O. The second-order valence-corrected chi connectivity index (χ2v) is 5.57. The van der Waals surface area contributed by atoms with Gasteiger partial charge in [-0.2, -0.15) is 0 Å². The lowest BCUT2D eigenvalue weighted by Gasteiger charge is -2.27. The molecule has 0 heterocycles. The maximum absolute atomic E-state index is 12.2. The van der Waals surface area contributed by atoms with E-state index in [0.29, 0.717) is 22.9 Å². The quantitative estimate of drug-likeness (QED) is 0.871. The molecule has 0 fully saturated rings. The molecule has 106 valence electrons.